The summed E-state index contributed by atoms with van der Waals surface area (Å²) in [4.78, 5) is 12.4. The molecule has 0 atom stereocenters. The highest BCUT2D eigenvalue weighted by molar-refractivity contribution is 6.07. The lowest BCUT2D eigenvalue weighted by Gasteiger charge is -2.25. The number of allylic oxidation sites excluding steroid dienone is 2. The molecule has 2 aromatic carbocycles. The standard InChI is InChI=1S/C22H25NO3/c1-6-22(2,3)18-12-14-20(25-4)17(21(18)26-5)11-13-19(24)15-7-9-16(23)10-8-15/h6-14H,1,23H2,2-5H3/b13-11+. The maximum Gasteiger partial charge on any atom is 0.185 e. The number of nitrogen functional groups attached to an aromatic ring is 1. The van der Waals surface area contributed by atoms with Crippen LogP contribution in [0.2, 0.25) is 0 Å². The SMILES string of the molecule is C=CC(C)(C)c1ccc(OC)c(/C=C/C(=O)c2ccc(N)cc2)c1OC. The second-order valence-corrected chi connectivity index (χ2v) is 6.51. The van der Waals surface area contributed by atoms with E-state index in [1.165, 1.54) is 6.08 Å². The number of benzene rings is 2. The van der Waals surface area contributed by atoms with Gasteiger partial charge in [-0.1, -0.05) is 26.0 Å². The van der Waals surface area contributed by atoms with Gasteiger partial charge in [-0.15, -0.1) is 6.58 Å². The van der Waals surface area contributed by atoms with Crippen molar-refractivity contribution in [3.05, 3.63) is 71.8 Å². The van der Waals surface area contributed by atoms with Crippen molar-refractivity contribution in [1.82, 2.24) is 0 Å². The van der Waals surface area contributed by atoms with Crippen LogP contribution in [-0.2, 0) is 5.41 Å². The lowest BCUT2D eigenvalue weighted by atomic mass is 9.83. The molecule has 0 heterocycles. The van der Waals surface area contributed by atoms with Crippen LogP contribution in [0.4, 0.5) is 5.69 Å². The van der Waals surface area contributed by atoms with E-state index >= 15 is 0 Å². The molecule has 0 radical (unpaired) electrons. The maximum atomic E-state index is 12.4. The summed E-state index contributed by atoms with van der Waals surface area (Å²) >= 11 is 0. The fourth-order valence-electron chi connectivity index (χ4n) is 2.66. The molecule has 0 saturated heterocycles. The smallest absolute Gasteiger partial charge is 0.185 e. The minimum absolute atomic E-state index is 0.123. The Labute approximate surface area is 154 Å². The fraction of sp³-hybridized carbons (Fsp3) is 0.227. The summed E-state index contributed by atoms with van der Waals surface area (Å²) in [5.41, 5.74) is 8.24. The van der Waals surface area contributed by atoms with Gasteiger partial charge in [0.2, 0.25) is 0 Å². The number of nitrogens with two attached hydrogens (primary N) is 1. The Morgan fingerprint density at radius 1 is 1.08 bits per heavy atom. The van der Waals surface area contributed by atoms with Gasteiger partial charge in [0.05, 0.1) is 19.8 Å². The lowest BCUT2D eigenvalue weighted by Crippen LogP contribution is -2.15. The topological polar surface area (TPSA) is 61.5 Å². The number of rotatable bonds is 7. The molecule has 136 valence electrons. The van der Waals surface area contributed by atoms with Crippen molar-refractivity contribution in [1.29, 1.82) is 0 Å². The lowest BCUT2D eigenvalue weighted by molar-refractivity contribution is 0.104. The Morgan fingerprint density at radius 3 is 2.27 bits per heavy atom. The highest BCUT2D eigenvalue weighted by Gasteiger charge is 2.24. The van der Waals surface area contributed by atoms with Gasteiger partial charge < -0.3 is 15.2 Å². The first-order valence-electron chi connectivity index (χ1n) is 8.31. The fourth-order valence-corrected chi connectivity index (χ4v) is 2.66. The number of anilines is 1. The largest absolute Gasteiger partial charge is 0.496 e. The quantitative estimate of drug-likeness (QED) is 0.341. The van der Waals surface area contributed by atoms with Gasteiger partial charge in [-0.25, -0.2) is 0 Å². The van der Waals surface area contributed by atoms with Crippen LogP contribution in [0.5, 0.6) is 11.5 Å². The predicted molar refractivity (Wildman–Crippen MR) is 107 cm³/mol. The van der Waals surface area contributed by atoms with Gasteiger partial charge in [-0.3, -0.25) is 4.79 Å². The van der Waals surface area contributed by atoms with Crippen LogP contribution in [0, 0.1) is 0 Å². The van der Waals surface area contributed by atoms with Gasteiger partial charge in [0.15, 0.2) is 5.78 Å². The Kier molecular flexibility index (Phi) is 5.88. The van der Waals surface area contributed by atoms with Gasteiger partial charge in [-0.05, 0) is 42.5 Å². The van der Waals surface area contributed by atoms with Crippen LogP contribution in [0.1, 0.15) is 35.3 Å². The van der Waals surface area contributed by atoms with E-state index in [1.807, 2.05) is 18.2 Å². The van der Waals surface area contributed by atoms with Crippen molar-refractivity contribution in [3.8, 4) is 11.5 Å². The molecule has 0 aliphatic carbocycles. The molecule has 0 spiro atoms. The minimum atomic E-state index is -0.291. The number of ether oxygens (including phenoxy) is 2. The first kappa shape index (κ1) is 19.3. The number of carbonyl (C=O) groups is 1. The second-order valence-electron chi connectivity index (χ2n) is 6.51. The zero-order valence-corrected chi connectivity index (χ0v) is 15.7. The summed E-state index contributed by atoms with van der Waals surface area (Å²) in [6, 6.07) is 10.6. The summed E-state index contributed by atoms with van der Waals surface area (Å²) in [6.45, 7) is 8.01. The minimum Gasteiger partial charge on any atom is -0.496 e. The van der Waals surface area contributed by atoms with Crippen LogP contribution >= 0.6 is 0 Å². The van der Waals surface area contributed by atoms with Crippen LogP contribution in [0.15, 0.2) is 55.1 Å². The van der Waals surface area contributed by atoms with Crippen molar-refractivity contribution in [2.45, 2.75) is 19.3 Å². The van der Waals surface area contributed by atoms with Crippen molar-refractivity contribution in [3.63, 3.8) is 0 Å². The van der Waals surface area contributed by atoms with E-state index in [9.17, 15) is 4.79 Å². The molecular weight excluding hydrogens is 326 g/mol. The van der Waals surface area contributed by atoms with Crippen molar-refractivity contribution >= 4 is 17.5 Å². The first-order chi connectivity index (χ1) is 12.3. The number of carbonyl (C=O) groups excluding carboxylic acids is 1. The summed E-state index contributed by atoms with van der Waals surface area (Å²) in [5, 5.41) is 0. The molecule has 2 aromatic rings. The molecule has 0 bridgehead atoms. The van der Waals surface area contributed by atoms with Gasteiger partial charge in [0.25, 0.3) is 0 Å². The second kappa shape index (κ2) is 7.91. The van der Waals surface area contributed by atoms with Crippen molar-refractivity contribution in [2.24, 2.45) is 0 Å². The van der Waals surface area contributed by atoms with Gasteiger partial charge in [0.1, 0.15) is 11.5 Å². The Balaban J connectivity index is 2.49. The van der Waals surface area contributed by atoms with E-state index < -0.39 is 0 Å². The normalized spacial score (nSPS) is 11.4. The zero-order chi connectivity index (χ0) is 19.3. The van der Waals surface area contributed by atoms with E-state index in [0.29, 0.717) is 28.3 Å². The third-order valence-corrected chi connectivity index (χ3v) is 4.38. The van der Waals surface area contributed by atoms with E-state index in [0.717, 1.165) is 5.56 Å². The van der Waals surface area contributed by atoms with Gasteiger partial charge in [0, 0.05) is 22.2 Å². The molecule has 0 aliphatic heterocycles. The predicted octanol–water partition coefficient (Wildman–Crippen LogP) is 4.65. The van der Waals surface area contributed by atoms with E-state index in [2.05, 4.69) is 20.4 Å². The highest BCUT2D eigenvalue weighted by Crippen LogP contribution is 2.40. The third-order valence-electron chi connectivity index (χ3n) is 4.38. The van der Waals surface area contributed by atoms with E-state index in [4.69, 9.17) is 15.2 Å². The van der Waals surface area contributed by atoms with Gasteiger partial charge in [-0.2, -0.15) is 0 Å². The number of hydrogen-bond donors (Lipinski definition) is 1. The Hall–Kier alpha value is -3.01. The third kappa shape index (κ3) is 3.97. The molecule has 2 rings (SSSR count). The maximum absolute atomic E-state index is 12.4. The molecule has 0 aliphatic rings. The van der Waals surface area contributed by atoms with Crippen LogP contribution in [0.3, 0.4) is 0 Å². The van der Waals surface area contributed by atoms with Crippen LogP contribution < -0.4 is 15.2 Å². The molecular formula is C22H25NO3. The highest BCUT2D eigenvalue weighted by atomic mass is 16.5. The van der Waals surface area contributed by atoms with Crippen LogP contribution in [0.25, 0.3) is 6.08 Å². The zero-order valence-electron chi connectivity index (χ0n) is 15.7. The number of methoxy groups -OCH3 is 2. The Bertz CT molecular complexity index is 833. The molecule has 2 N–H and O–H groups in total. The monoisotopic (exact) mass is 351 g/mol. The summed E-state index contributed by atoms with van der Waals surface area (Å²) in [7, 11) is 3.20. The van der Waals surface area contributed by atoms with E-state index in [1.54, 1.807) is 44.6 Å². The summed E-state index contributed by atoms with van der Waals surface area (Å²) < 4.78 is 11.1. The molecule has 0 amide bonds. The molecule has 0 aromatic heterocycles. The Morgan fingerprint density at radius 2 is 1.73 bits per heavy atom. The van der Waals surface area contributed by atoms with E-state index in [-0.39, 0.29) is 11.2 Å². The average molecular weight is 351 g/mol. The molecule has 26 heavy (non-hydrogen) atoms. The molecule has 0 saturated carbocycles. The molecule has 4 heteroatoms. The van der Waals surface area contributed by atoms with Crippen LogP contribution in [-0.4, -0.2) is 20.0 Å². The molecule has 4 nitrogen and oxygen atoms in total. The average Bonchev–Trinajstić information content (AvgIpc) is 2.65. The summed E-state index contributed by atoms with van der Waals surface area (Å²) in [5.74, 6) is 1.17. The number of ketones is 1. The first-order valence-corrected chi connectivity index (χ1v) is 8.31. The molecule has 0 fully saturated rings. The van der Waals surface area contributed by atoms with Gasteiger partial charge >= 0.3 is 0 Å². The molecule has 0 unspecified atom stereocenters. The van der Waals surface area contributed by atoms with Crippen molar-refractivity contribution < 1.29 is 14.3 Å². The van der Waals surface area contributed by atoms with Crippen molar-refractivity contribution in [2.75, 3.05) is 20.0 Å². The number of hydrogen-bond acceptors (Lipinski definition) is 4. The summed E-state index contributed by atoms with van der Waals surface area (Å²) in [6.07, 6.45) is 5.10.